The number of hydrogen-bond donors (Lipinski definition) is 1. The Bertz CT molecular complexity index is 303. The van der Waals surface area contributed by atoms with Crippen molar-refractivity contribution in [1.29, 1.82) is 0 Å². The molecule has 76 valence electrons. The molecule has 0 aromatic heterocycles. The van der Waals surface area contributed by atoms with E-state index in [1.54, 1.807) is 0 Å². The maximum Gasteiger partial charge on any atom is 0.0361 e. The molecule has 2 nitrogen and oxygen atoms in total. The molecule has 0 heterocycles. The van der Waals surface area contributed by atoms with Crippen LogP contribution in [-0.4, -0.2) is 20.6 Å². The molecule has 2 N–H and O–H groups in total. The molecule has 14 heavy (non-hydrogen) atoms. The zero-order valence-corrected chi connectivity index (χ0v) is 8.90. The molecule has 0 unspecified atom stereocenters. The average molecular weight is 190 g/mol. The molecule has 0 radical (unpaired) electrons. The first-order chi connectivity index (χ1) is 6.72. The SMILES string of the molecule is CN(C)c1ccc([C@H]2C[C@H]2CN)cc1. The third-order valence-electron chi connectivity index (χ3n) is 3.06. The normalized spacial score (nSPS) is 24.8. The number of hydrogen-bond acceptors (Lipinski definition) is 2. The molecule has 1 aliphatic rings. The maximum atomic E-state index is 5.63. The van der Waals surface area contributed by atoms with Gasteiger partial charge in [-0.2, -0.15) is 0 Å². The van der Waals surface area contributed by atoms with Crippen LogP contribution >= 0.6 is 0 Å². The molecule has 1 aromatic carbocycles. The van der Waals surface area contributed by atoms with Gasteiger partial charge in [0.1, 0.15) is 0 Å². The highest BCUT2D eigenvalue weighted by Crippen LogP contribution is 2.46. The fourth-order valence-electron chi connectivity index (χ4n) is 1.94. The van der Waals surface area contributed by atoms with E-state index in [0.29, 0.717) is 0 Å². The van der Waals surface area contributed by atoms with Crippen LogP contribution in [0.4, 0.5) is 5.69 Å². The summed E-state index contributed by atoms with van der Waals surface area (Å²) in [5, 5.41) is 0. The van der Waals surface area contributed by atoms with Crippen molar-refractivity contribution in [3.8, 4) is 0 Å². The van der Waals surface area contributed by atoms with Crippen LogP contribution in [0.5, 0.6) is 0 Å². The second-order valence-electron chi connectivity index (χ2n) is 4.32. The van der Waals surface area contributed by atoms with Crippen LogP contribution in [0, 0.1) is 5.92 Å². The third kappa shape index (κ3) is 1.75. The summed E-state index contributed by atoms with van der Waals surface area (Å²) in [6.45, 7) is 0.833. The van der Waals surface area contributed by atoms with E-state index in [0.717, 1.165) is 18.4 Å². The van der Waals surface area contributed by atoms with Gasteiger partial charge >= 0.3 is 0 Å². The Morgan fingerprint density at radius 3 is 2.36 bits per heavy atom. The van der Waals surface area contributed by atoms with Gasteiger partial charge in [-0.05, 0) is 42.5 Å². The molecular weight excluding hydrogens is 172 g/mol. The quantitative estimate of drug-likeness (QED) is 0.787. The molecule has 2 heteroatoms. The van der Waals surface area contributed by atoms with Crippen molar-refractivity contribution in [3.63, 3.8) is 0 Å². The smallest absolute Gasteiger partial charge is 0.0361 e. The van der Waals surface area contributed by atoms with E-state index in [4.69, 9.17) is 5.73 Å². The first-order valence-electron chi connectivity index (χ1n) is 5.19. The minimum absolute atomic E-state index is 0.733. The minimum atomic E-state index is 0.733. The zero-order valence-electron chi connectivity index (χ0n) is 8.90. The van der Waals surface area contributed by atoms with Gasteiger partial charge in [-0.1, -0.05) is 12.1 Å². The Kier molecular flexibility index (Phi) is 2.46. The van der Waals surface area contributed by atoms with Crippen molar-refractivity contribution in [2.45, 2.75) is 12.3 Å². The molecule has 0 spiro atoms. The van der Waals surface area contributed by atoms with Crippen molar-refractivity contribution in [2.75, 3.05) is 25.5 Å². The van der Waals surface area contributed by atoms with Crippen LogP contribution < -0.4 is 10.6 Å². The summed E-state index contributed by atoms with van der Waals surface area (Å²) in [5.74, 6) is 1.47. The molecule has 1 fully saturated rings. The molecule has 0 amide bonds. The van der Waals surface area contributed by atoms with Crippen LogP contribution in [0.1, 0.15) is 17.9 Å². The second kappa shape index (κ2) is 3.62. The highest BCUT2D eigenvalue weighted by atomic mass is 15.1. The van der Waals surface area contributed by atoms with Crippen LogP contribution in [0.2, 0.25) is 0 Å². The average Bonchev–Trinajstić information content (AvgIpc) is 2.97. The van der Waals surface area contributed by atoms with Crippen molar-refractivity contribution >= 4 is 5.69 Å². The lowest BCUT2D eigenvalue weighted by atomic mass is 10.1. The van der Waals surface area contributed by atoms with Gasteiger partial charge < -0.3 is 10.6 Å². The van der Waals surface area contributed by atoms with Gasteiger partial charge in [-0.25, -0.2) is 0 Å². The summed E-state index contributed by atoms with van der Waals surface area (Å²) in [5.41, 5.74) is 8.34. The highest BCUT2D eigenvalue weighted by molar-refractivity contribution is 5.47. The fraction of sp³-hybridized carbons (Fsp3) is 0.500. The third-order valence-corrected chi connectivity index (χ3v) is 3.06. The van der Waals surface area contributed by atoms with E-state index in [-0.39, 0.29) is 0 Å². The monoisotopic (exact) mass is 190 g/mol. The van der Waals surface area contributed by atoms with Crippen LogP contribution in [-0.2, 0) is 0 Å². The molecular formula is C12H18N2. The first kappa shape index (κ1) is 9.53. The molecule has 1 saturated carbocycles. The Morgan fingerprint density at radius 1 is 1.29 bits per heavy atom. The maximum absolute atomic E-state index is 5.63. The van der Waals surface area contributed by atoms with Gasteiger partial charge in [0, 0.05) is 19.8 Å². The Balaban J connectivity index is 2.08. The number of rotatable bonds is 3. The molecule has 2 rings (SSSR count). The summed E-state index contributed by atoms with van der Waals surface area (Å²) < 4.78 is 0. The van der Waals surface area contributed by atoms with Crippen LogP contribution in [0.15, 0.2) is 24.3 Å². The summed E-state index contributed by atoms with van der Waals surface area (Å²) in [6, 6.07) is 8.83. The van der Waals surface area contributed by atoms with Crippen molar-refractivity contribution in [1.82, 2.24) is 0 Å². The zero-order chi connectivity index (χ0) is 10.1. The number of benzene rings is 1. The topological polar surface area (TPSA) is 29.3 Å². The first-order valence-corrected chi connectivity index (χ1v) is 5.19. The molecule has 2 atom stereocenters. The van der Waals surface area contributed by atoms with Crippen molar-refractivity contribution in [2.24, 2.45) is 11.7 Å². The molecule has 0 aliphatic heterocycles. The Labute approximate surface area is 85.7 Å². The Hall–Kier alpha value is -1.02. The Morgan fingerprint density at radius 2 is 1.93 bits per heavy atom. The lowest BCUT2D eigenvalue weighted by molar-refractivity contribution is 0.809. The standard InChI is InChI=1S/C12H18N2/c1-14(2)11-5-3-9(4-6-11)12-7-10(12)8-13/h3-6,10,12H,7-8,13H2,1-2H3/t10-,12+/m0/s1. The summed E-state index contributed by atoms with van der Waals surface area (Å²) in [6.07, 6.45) is 1.28. The molecule has 1 aliphatic carbocycles. The van der Waals surface area contributed by atoms with Crippen LogP contribution in [0.25, 0.3) is 0 Å². The number of nitrogens with two attached hydrogens (primary N) is 1. The number of anilines is 1. The summed E-state index contributed by atoms with van der Waals surface area (Å²) in [7, 11) is 4.13. The van der Waals surface area contributed by atoms with Gasteiger partial charge in [-0.15, -0.1) is 0 Å². The van der Waals surface area contributed by atoms with E-state index in [9.17, 15) is 0 Å². The highest BCUT2D eigenvalue weighted by Gasteiger charge is 2.36. The summed E-state index contributed by atoms with van der Waals surface area (Å²) >= 11 is 0. The second-order valence-corrected chi connectivity index (χ2v) is 4.32. The predicted molar refractivity (Wildman–Crippen MR) is 60.7 cm³/mol. The van der Waals surface area contributed by atoms with Crippen LogP contribution in [0.3, 0.4) is 0 Å². The lowest BCUT2D eigenvalue weighted by Crippen LogP contribution is -2.08. The van der Waals surface area contributed by atoms with E-state index >= 15 is 0 Å². The molecule has 0 bridgehead atoms. The minimum Gasteiger partial charge on any atom is -0.378 e. The predicted octanol–water partition coefficient (Wildman–Crippen LogP) is 1.81. The van der Waals surface area contributed by atoms with E-state index < -0.39 is 0 Å². The van der Waals surface area contributed by atoms with E-state index in [2.05, 4.69) is 43.3 Å². The van der Waals surface area contributed by atoms with Crippen molar-refractivity contribution < 1.29 is 0 Å². The van der Waals surface area contributed by atoms with Gasteiger partial charge in [0.15, 0.2) is 0 Å². The van der Waals surface area contributed by atoms with E-state index in [1.165, 1.54) is 17.7 Å². The van der Waals surface area contributed by atoms with E-state index in [1.807, 2.05) is 0 Å². The lowest BCUT2D eigenvalue weighted by Gasteiger charge is -2.12. The van der Waals surface area contributed by atoms with Gasteiger partial charge in [0.2, 0.25) is 0 Å². The van der Waals surface area contributed by atoms with Gasteiger partial charge in [-0.3, -0.25) is 0 Å². The molecule has 1 aromatic rings. The summed E-state index contributed by atoms with van der Waals surface area (Å²) in [4.78, 5) is 2.12. The number of nitrogens with zero attached hydrogens (tertiary/aromatic N) is 1. The van der Waals surface area contributed by atoms with Gasteiger partial charge in [0.25, 0.3) is 0 Å². The van der Waals surface area contributed by atoms with Gasteiger partial charge in [0.05, 0.1) is 0 Å². The largest absolute Gasteiger partial charge is 0.378 e. The fourth-order valence-corrected chi connectivity index (χ4v) is 1.94. The molecule has 0 saturated heterocycles. The van der Waals surface area contributed by atoms with Crippen molar-refractivity contribution in [3.05, 3.63) is 29.8 Å².